The Morgan fingerprint density at radius 3 is 2.33 bits per heavy atom. The summed E-state index contributed by atoms with van der Waals surface area (Å²) in [5.41, 5.74) is 2.12. The van der Waals surface area contributed by atoms with Gasteiger partial charge in [-0.3, -0.25) is 0 Å². The van der Waals surface area contributed by atoms with Crippen molar-refractivity contribution in [2.45, 2.75) is 45.3 Å². The molecule has 21 heavy (non-hydrogen) atoms. The van der Waals surface area contributed by atoms with Gasteiger partial charge in [-0.25, -0.2) is 0 Å². The zero-order valence-electron chi connectivity index (χ0n) is 12.7. The molecule has 0 heterocycles. The van der Waals surface area contributed by atoms with E-state index in [0.717, 1.165) is 29.7 Å². The monoisotopic (exact) mass is 284 g/mol. The van der Waals surface area contributed by atoms with E-state index in [-0.39, 0.29) is 6.10 Å². The number of rotatable bonds is 8. The van der Waals surface area contributed by atoms with Crippen LogP contribution in [-0.4, -0.2) is 5.11 Å². The first kappa shape index (κ1) is 15.6. The highest BCUT2D eigenvalue weighted by Crippen LogP contribution is 2.22. The van der Waals surface area contributed by atoms with Crippen molar-refractivity contribution in [1.82, 2.24) is 0 Å². The lowest BCUT2D eigenvalue weighted by Crippen LogP contribution is -1.98. The molecule has 2 nitrogen and oxygen atoms in total. The topological polar surface area (TPSA) is 29.5 Å². The minimum atomic E-state index is -0.361. The summed E-state index contributed by atoms with van der Waals surface area (Å²) in [7, 11) is 0. The maximum atomic E-state index is 10.1. The minimum Gasteiger partial charge on any atom is -0.489 e. The molecule has 0 saturated carbocycles. The van der Waals surface area contributed by atoms with E-state index >= 15 is 0 Å². The summed E-state index contributed by atoms with van der Waals surface area (Å²) in [6.07, 6.45) is 3.90. The Morgan fingerprint density at radius 1 is 0.952 bits per heavy atom. The summed E-state index contributed by atoms with van der Waals surface area (Å²) in [6.45, 7) is 2.74. The summed E-state index contributed by atoms with van der Waals surface area (Å²) < 4.78 is 5.74. The van der Waals surface area contributed by atoms with E-state index in [2.05, 4.69) is 6.92 Å². The van der Waals surface area contributed by atoms with Gasteiger partial charge in [-0.1, -0.05) is 68.7 Å². The van der Waals surface area contributed by atoms with Gasteiger partial charge in [0.1, 0.15) is 12.4 Å². The summed E-state index contributed by atoms with van der Waals surface area (Å²) in [4.78, 5) is 0. The Labute approximate surface area is 127 Å². The molecule has 0 amide bonds. The van der Waals surface area contributed by atoms with Gasteiger partial charge in [0.25, 0.3) is 0 Å². The fourth-order valence-electron chi connectivity index (χ4n) is 2.28. The molecular weight excluding hydrogens is 260 g/mol. The number of aliphatic hydroxyl groups is 1. The average molecular weight is 284 g/mol. The summed E-state index contributed by atoms with van der Waals surface area (Å²) in [6, 6.07) is 17.9. The molecule has 2 rings (SSSR count). The maximum Gasteiger partial charge on any atom is 0.119 e. The van der Waals surface area contributed by atoms with Crippen LogP contribution in [0.15, 0.2) is 54.6 Å². The fraction of sp³-hybridized carbons (Fsp3) is 0.368. The summed E-state index contributed by atoms with van der Waals surface area (Å²) in [5, 5.41) is 10.1. The molecule has 2 aromatic rings. The van der Waals surface area contributed by atoms with Crippen LogP contribution >= 0.6 is 0 Å². The largest absolute Gasteiger partial charge is 0.489 e. The van der Waals surface area contributed by atoms with Crippen molar-refractivity contribution in [3.63, 3.8) is 0 Å². The third-order valence-corrected chi connectivity index (χ3v) is 3.59. The Kier molecular flexibility index (Phi) is 6.29. The molecule has 0 radical (unpaired) electrons. The van der Waals surface area contributed by atoms with E-state index in [0.29, 0.717) is 6.61 Å². The van der Waals surface area contributed by atoms with E-state index in [9.17, 15) is 5.11 Å². The van der Waals surface area contributed by atoms with E-state index in [1.165, 1.54) is 12.8 Å². The molecule has 112 valence electrons. The Hall–Kier alpha value is -1.80. The second-order valence-electron chi connectivity index (χ2n) is 5.35. The molecule has 0 aromatic heterocycles. The van der Waals surface area contributed by atoms with Crippen LogP contribution in [0.4, 0.5) is 0 Å². The van der Waals surface area contributed by atoms with Crippen LogP contribution in [0.2, 0.25) is 0 Å². The van der Waals surface area contributed by atoms with Gasteiger partial charge in [0.2, 0.25) is 0 Å². The maximum absolute atomic E-state index is 10.1. The fourth-order valence-corrected chi connectivity index (χ4v) is 2.28. The van der Waals surface area contributed by atoms with Crippen LogP contribution in [0.1, 0.15) is 49.8 Å². The molecule has 1 N–H and O–H groups in total. The zero-order chi connectivity index (χ0) is 14.9. The van der Waals surface area contributed by atoms with Crippen LogP contribution in [0.3, 0.4) is 0 Å². The minimum absolute atomic E-state index is 0.361. The van der Waals surface area contributed by atoms with Crippen molar-refractivity contribution in [2.75, 3.05) is 0 Å². The van der Waals surface area contributed by atoms with Crippen molar-refractivity contribution < 1.29 is 9.84 Å². The molecule has 2 aromatic carbocycles. The smallest absolute Gasteiger partial charge is 0.119 e. The van der Waals surface area contributed by atoms with Crippen LogP contribution in [-0.2, 0) is 6.61 Å². The van der Waals surface area contributed by atoms with Gasteiger partial charge in [-0.15, -0.1) is 0 Å². The summed E-state index contributed by atoms with van der Waals surface area (Å²) >= 11 is 0. The van der Waals surface area contributed by atoms with Gasteiger partial charge < -0.3 is 9.84 Å². The number of hydrogen-bond acceptors (Lipinski definition) is 2. The highest BCUT2D eigenvalue weighted by atomic mass is 16.5. The van der Waals surface area contributed by atoms with Gasteiger partial charge >= 0.3 is 0 Å². The van der Waals surface area contributed by atoms with Crippen molar-refractivity contribution >= 4 is 0 Å². The molecule has 1 atom stereocenters. The van der Waals surface area contributed by atoms with Crippen molar-refractivity contribution in [1.29, 1.82) is 0 Å². The van der Waals surface area contributed by atoms with Crippen molar-refractivity contribution in [3.8, 4) is 5.75 Å². The number of ether oxygens (including phenoxy) is 1. The molecule has 2 heteroatoms. The van der Waals surface area contributed by atoms with Gasteiger partial charge in [0, 0.05) is 0 Å². The molecule has 0 aliphatic rings. The Bertz CT molecular complexity index is 505. The molecule has 0 bridgehead atoms. The SMILES string of the molecule is CCCCCC(O)c1ccc(OCc2ccccc2)cc1. The third-order valence-electron chi connectivity index (χ3n) is 3.59. The van der Waals surface area contributed by atoms with Gasteiger partial charge in [0.15, 0.2) is 0 Å². The lowest BCUT2D eigenvalue weighted by Gasteiger charge is -2.12. The zero-order valence-corrected chi connectivity index (χ0v) is 12.7. The van der Waals surface area contributed by atoms with Crippen LogP contribution in [0.5, 0.6) is 5.75 Å². The molecule has 1 unspecified atom stereocenters. The second kappa shape index (κ2) is 8.48. The van der Waals surface area contributed by atoms with Gasteiger partial charge in [0.05, 0.1) is 6.10 Å². The predicted molar refractivity (Wildman–Crippen MR) is 86.3 cm³/mol. The quantitative estimate of drug-likeness (QED) is 0.700. The first-order valence-corrected chi connectivity index (χ1v) is 7.74. The number of benzene rings is 2. The van der Waals surface area contributed by atoms with E-state index in [1.807, 2.05) is 54.6 Å². The average Bonchev–Trinajstić information content (AvgIpc) is 2.54. The van der Waals surface area contributed by atoms with Gasteiger partial charge in [-0.2, -0.15) is 0 Å². The molecule has 0 fully saturated rings. The summed E-state index contributed by atoms with van der Waals surface area (Å²) in [5.74, 6) is 0.836. The molecule has 0 aliphatic heterocycles. The predicted octanol–water partition coefficient (Wildman–Crippen LogP) is 4.88. The first-order valence-electron chi connectivity index (χ1n) is 7.74. The van der Waals surface area contributed by atoms with E-state index in [4.69, 9.17) is 4.74 Å². The van der Waals surface area contributed by atoms with E-state index in [1.54, 1.807) is 0 Å². The van der Waals surface area contributed by atoms with Crippen molar-refractivity contribution in [2.24, 2.45) is 0 Å². The number of hydrogen-bond donors (Lipinski definition) is 1. The van der Waals surface area contributed by atoms with E-state index < -0.39 is 0 Å². The second-order valence-corrected chi connectivity index (χ2v) is 5.35. The standard InChI is InChI=1S/C19H24O2/c1-2-3-5-10-19(20)17-11-13-18(14-12-17)21-15-16-8-6-4-7-9-16/h4,6-9,11-14,19-20H,2-3,5,10,15H2,1H3. The van der Waals surface area contributed by atoms with Crippen LogP contribution in [0, 0.1) is 0 Å². The normalized spacial score (nSPS) is 12.1. The highest BCUT2D eigenvalue weighted by molar-refractivity contribution is 5.29. The molecule has 0 aliphatic carbocycles. The lowest BCUT2D eigenvalue weighted by molar-refractivity contribution is 0.163. The third kappa shape index (κ3) is 5.24. The highest BCUT2D eigenvalue weighted by Gasteiger charge is 2.07. The van der Waals surface area contributed by atoms with Crippen LogP contribution in [0.25, 0.3) is 0 Å². The number of aliphatic hydroxyl groups excluding tert-OH is 1. The Morgan fingerprint density at radius 2 is 1.67 bits per heavy atom. The van der Waals surface area contributed by atoms with Gasteiger partial charge in [-0.05, 0) is 29.7 Å². The first-order chi connectivity index (χ1) is 10.3. The molecule has 0 spiro atoms. The van der Waals surface area contributed by atoms with Crippen LogP contribution < -0.4 is 4.74 Å². The Balaban J connectivity index is 1.84. The molecular formula is C19H24O2. The lowest BCUT2D eigenvalue weighted by atomic mass is 10.0. The van der Waals surface area contributed by atoms with Crippen molar-refractivity contribution in [3.05, 3.63) is 65.7 Å². The molecule has 0 saturated heterocycles. The number of unbranched alkanes of at least 4 members (excludes halogenated alkanes) is 2.